The number of rotatable bonds is 17. The van der Waals surface area contributed by atoms with Gasteiger partial charge in [-0.1, -0.05) is 74.5 Å². The fraction of sp³-hybridized carbons (Fsp3) is 0.605. The average molecular weight is 780 g/mol. The first-order valence-corrected chi connectivity index (χ1v) is 19.9. The Bertz CT molecular complexity index is 1610. The van der Waals surface area contributed by atoms with Gasteiger partial charge in [-0.15, -0.1) is 0 Å². The molecular formula is C43H59N2O11+. The van der Waals surface area contributed by atoms with Gasteiger partial charge in [-0.05, 0) is 31.9 Å². The fourth-order valence-electron chi connectivity index (χ4n) is 8.52. The molecule has 3 saturated heterocycles. The SMILES string of the molecule is CC(C)(C)OC(=O)CCNC(=O)[C@H](O)C(C)(C)COC(=O)CCC(=O)OCOC(C(=O)OC1CC2CCC(C1)[N+]21CCCC1)(c1ccccc1)c1ccccc1. The summed E-state index contributed by atoms with van der Waals surface area (Å²) in [6, 6.07) is 19.0. The number of amides is 1. The number of esters is 4. The monoisotopic (exact) mass is 779 g/mol. The third kappa shape index (κ3) is 10.3. The zero-order valence-electron chi connectivity index (χ0n) is 33.5. The predicted molar refractivity (Wildman–Crippen MR) is 204 cm³/mol. The number of carbonyl (C=O) groups excluding carboxylic acids is 5. The molecule has 3 heterocycles. The number of hydrogen-bond acceptors (Lipinski definition) is 11. The summed E-state index contributed by atoms with van der Waals surface area (Å²) in [6.45, 7) is 9.78. The molecule has 3 aliphatic rings. The summed E-state index contributed by atoms with van der Waals surface area (Å²) in [5.74, 6) is -3.28. The number of ether oxygens (including phenoxy) is 5. The van der Waals surface area contributed by atoms with E-state index in [1.165, 1.54) is 30.4 Å². The first kappa shape index (κ1) is 42.8. The largest absolute Gasteiger partial charge is 0.465 e. The maximum atomic E-state index is 14.5. The van der Waals surface area contributed by atoms with Crippen LogP contribution in [0.15, 0.2) is 60.7 Å². The Morgan fingerprint density at radius 1 is 0.768 bits per heavy atom. The number of benzene rings is 2. The van der Waals surface area contributed by atoms with Crippen LogP contribution in [-0.2, 0) is 53.3 Å². The van der Waals surface area contributed by atoms with Crippen molar-refractivity contribution in [2.24, 2.45) is 5.41 Å². The van der Waals surface area contributed by atoms with Crippen LogP contribution in [0.4, 0.5) is 0 Å². The minimum atomic E-state index is -1.73. The average Bonchev–Trinajstić information content (AvgIpc) is 3.70. The maximum absolute atomic E-state index is 14.5. The van der Waals surface area contributed by atoms with Gasteiger partial charge in [0.25, 0.3) is 0 Å². The van der Waals surface area contributed by atoms with Crippen LogP contribution in [0.1, 0.15) is 104 Å². The van der Waals surface area contributed by atoms with Gasteiger partial charge >= 0.3 is 23.9 Å². The van der Waals surface area contributed by atoms with Crippen LogP contribution in [0, 0.1) is 5.41 Å². The van der Waals surface area contributed by atoms with Crippen molar-refractivity contribution in [1.82, 2.24) is 5.32 Å². The Morgan fingerprint density at radius 2 is 1.30 bits per heavy atom. The minimum Gasteiger partial charge on any atom is -0.465 e. The number of quaternary nitrogens is 1. The summed E-state index contributed by atoms with van der Waals surface area (Å²) in [4.78, 5) is 64.4. The van der Waals surface area contributed by atoms with Gasteiger partial charge in [0.05, 0.1) is 51.0 Å². The van der Waals surface area contributed by atoms with Crippen LogP contribution >= 0.6 is 0 Å². The van der Waals surface area contributed by atoms with Crippen molar-refractivity contribution in [3.05, 3.63) is 71.8 Å². The number of aliphatic hydroxyl groups excluding tert-OH is 1. The number of nitrogens with zero attached hydrogens (tertiary/aromatic N) is 1. The second kappa shape index (κ2) is 18.3. The summed E-state index contributed by atoms with van der Waals surface area (Å²) in [5, 5.41) is 13.1. The molecule has 0 aliphatic carbocycles. The molecule has 0 aromatic heterocycles. The molecule has 13 nitrogen and oxygen atoms in total. The molecule has 3 atom stereocenters. The standard InChI is InChI=1S/C43H58N2O11/c1-41(2,3)56-37(48)22-23-44-39(50)38(49)42(4,5)28-52-35(46)20-21-36(47)53-29-54-43(30-14-8-6-9-15-30,31-16-10-7-11-17-31)40(51)55-34-26-32-18-19-33(27-34)45(32)24-12-13-25-45/h6-11,14-17,32-34,38,49H,12-13,18-29H2,1-5H3/p+1/t32?,33?,34?,38-/m0/s1. The van der Waals surface area contributed by atoms with Crippen LogP contribution in [0.3, 0.4) is 0 Å². The van der Waals surface area contributed by atoms with Crippen LogP contribution in [-0.4, -0.2) is 102 Å². The Kier molecular flexibility index (Phi) is 14.0. The van der Waals surface area contributed by atoms with Crippen molar-refractivity contribution in [2.45, 2.75) is 128 Å². The number of piperidine rings is 1. The summed E-state index contributed by atoms with van der Waals surface area (Å²) >= 11 is 0. The molecule has 3 aliphatic heterocycles. The Balaban J connectivity index is 1.14. The zero-order chi connectivity index (χ0) is 40.6. The third-order valence-electron chi connectivity index (χ3n) is 11.3. The third-order valence-corrected chi connectivity index (χ3v) is 11.3. The maximum Gasteiger partial charge on any atom is 0.348 e. The minimum absolute atomic E-state index is 0.0349. The lowest BCUT2D eigenvalue weighted by molar-refractivity contribution is -0.956. The van der Waals surface area contributed by atoms with E-state index in [1.807, 2.05) is 36.4 Å². The number of aliphatic hydroxyl groups is 1. The van der Waals surface area contributed by atoms with E-state index in [4.69, 9.17) is 23.7 Å². The van der Waals surface area contributed by atoms with Crippen LogP contribution < -0.4 is 5.32 Å². The molecule has 3 fully saturated rings. The Morgan fingerprint density at radius 3 is 1.84 bits per heavy atom. The lowest BCUT2D eigenvalue weighted by Crippen LogP contribution is -2.60. The second-order valence-electron chi connectivity index (χ2n) is 17.0. The van der Waals surface area contributed by atoms with Crippen molar-refractivity contribution < 1.29 is 57.2 Å². The molecule has 5 rings (SSSR count). The topological polar surface area (TPSA) is 164 Å². The van der Waals surface area contributed by atoms with Crippen molar-refractivity contribution in [3.8, 4) is 0 Å². The van der Waals surface area contributed by atoms with Crippen molar-refractivity contribution in [2.75, 3.05) is 33.0 Å². The zero-order valence-corrected chi connectivity index (χ0v) is 33.5. The summed E-state index contributed by atoms with van der Waals surface area (Å²) in [6.07, 6.45) is 3.88. The van der Waals surface area contributed by atoms with Gasteiger partial charge in [-0.3, -0.25) is 19.2 Å². The number of nitrogens with one attached hydrogen (secondary N) is 1. The molecule has 306 valence electrons. The molecule has 0 radical (unpaired) electrons. The highest BCUT2D eigenvalue weighted by molar-refractivity contribution is 5.86. The first-order chi connectivity index (χ1) is 26.6. The van der Waals surface area contributed by atoms with Gasteiger partial charge in [-0.2, -0.15) is 0 Å². The van der Waals surface area contributed by atoms with Crippen molar-refractivity contribution >= 4 is 29.8 Å². The lowest BCUT2D eigenvalue weighted by Gasteiger charge is -2.47. The van der Waals surface area contributed by atoms with Crippen LogP contribution in [0.25, 0.3) is 0 Å². The van der Waals surface area contributed by atoms with Gasteiger partial charge in [0.15, 0.2) is 6.79 Å². The van der Waals surface area contributed by atoms with Crippen LogP contribution in [0.5, 0.6) is 0 Å². The Hall–Kier alpha value is -4.33. The second-order valence-corrected chi connectivity index (χ2v) is 17.0. The smallest absolute Gasteiger partial charge is 0.348 e. The van der Waals surface area contributed by atoms with E-state index in [1.54, 1.807) is 58.9 Å². The van der Waals surface area contributed by atoms with E-state index in [0.29, 0.717) is 23.2 Å². The van der Waals surface area contributed by atoms with E-state index >= 15 is 0 Å². The van der Waals surface area contributed by atoms with Gasteiger partial charge in [0, 0.05) is 50.5 Å². The molecule has 0 saturated carbocycles. The van der Waals surface area contributed by atoms with Crippen LogP contribution in [0.2, 0.25) is 0 Å². The molecule has 1 amide bonds. The van der Waals surface area contributed by atoms with E-state index in [2.05, 4.69) is 5.32 Å². The predicted octanol–water partition coefficient (Wildman–Crippen LogP) is 4.85. The first-order valence-electron chi connectivity index (χ1n) is 19.9. The highest BCUT2D eigenvalue weighted by atomic mass is 16.7. The van der Waals surface area contributed by atoms with Gasteiger partial charge in [-0.25, -0.2) is 4.79 Å². The molecular weight excluding hydrogens is 720 g/mol. The quantitative estimate of drug-likeness (QED) is 0.0977. The van der Waals surface area contributed by atoms with Crippen molar-refractivity contribution in [3.63, 3.8) is 0 Å². The normalized spacial score (nSPS) is 20.9. The van der Waals surface area contributed by atoms with E-state index in [-0.39, 0.29) is 38.5 Å². The van der Waals surface area contributed by atoms with E-state index in [0.717, 1.165) is 25.7 Å². The fourth-order valence-corrected chi connectivity index (χ4v) is 8.52. The number of carbonyl (C=O) groups is 5. The highest BCUT2D eigenvalue weighted by Crippen LogP contribution is 2.47. The highest BCUT2D eigenvalue weighted by Gasteiger charge is 2.57. The van der Waals surface area contributed by atoms with Gasteiger partial charge < -0.3 is 38.6 Å². The molecule has 56 heavy (non-hydrogen) atoms. The summed E-state index contributed by atoms with van der Waals surface area (Å²) < 4.78 is 29.8. The Labute approximate surface area is 329 Å². The van der Waals surface area contributed by atoms with Gasteiger partial charge in [0.1, 0.15) is 17.8 Å². The molecule has 2 aromatic rings. The molecule has 2 N–H and O–H groups in total. The van der Waals surface area contributed by atoms with Crippen molar-refractivity contribution in [1.29, 1.82) is 0 Å². The summed E-state index contributed by atoms with van der Waals surface area (Å²) in [7, 11) is 0. The molecule has 2 bridgehead atoms. The molecule has 1 spiro atoms. The number of hydrogen-bond donors (Lipinski definition) is 2. The molecule has 2 unspecified atom stereocenters. The van der Waals surface area contributed by atoms with Gasteiger partial charge in [0.2, 0.25) is 11.5 Å². The lowest BCUT2D eigenvalue weighted by atomic mass is 9.85. The van der Waals surface area contributed by atoms with E-state index < -0.39 is 59.3 Å². The molecule has 13 heteroatoms. The summed E-state index contributed by atoms with van der Waals surface area (Å²) in [5.41, 5.74) is -2.51. The van der Waals surface area contributed by atoms with E-state index in [9.17, 15) is 29.1 Å². The molecule has 2 aromatic carbocycles.